The number of ether oxygens (including phenoxy) is 2. The van der Waals surface area contributed by atoms with E-state index in [2.05, 4.69) is 4.98 Å². The van der Waals surface area contributed by atoms with Crippen LogP contribution in [0.2, 0.25) is 0 Å². The minimum absolute atomic E-state index is 0.0784. The number of fused-ring (bicyclic) bond motifs is 1. The number of hydrogen-bond acceptors (Lipinski definition) is 4. The molecule has 0 radical (unpaired) electrons. The van der Waals surface area contributed by atoms with Crippen molar-refractivity contribution in [3.05, 3.63) is 30.2 Å². The monoisotopic (exact) mass is 397 g/mol. The van der Waals surface area contributed by atoms with E-state index in [1.165, 1.54) is 6.20 Å². The summed E-state index contributed by atoms with van der Waals surface area (Å²) in [6.07, 6.45) is -0.590. The van der Waals surface area contributed by atoms with Crippen molar-refractivity contribution in [2.24, 2.45) is 11.3 Å². The van der Waals surface area contributed by atoms with Crippen LogP contribution >= 0.6 is 0 Å². The lowest BCUT2D eigenvalue weighted by molar-refractivity contribution is -0.232. The Hall–Kier alpha value is -2.29. The van der Waals surface area contributed by atoms with Crippen molar-refractivity contribution >= 4 is 11.6 Å². The van der Waals surface area contributed by atoms with Crippen LogP contribution in [-0.2, 0) is 4.74 Å². The molecule has 0 aliphatic carbocycles. The van der Waals surface area contributed by atoms with E-state index in [1.54, 1.807) is 34.7 Å². The number of methoxy groups -OCH3 is 1. The minimum atomic E-state index is -4.27. The Morgan fingerprint density at radius 3 is 2.79 bits per heavy atom. The first-order valence-corrected chi connectivity index (χ1v) is 9.29. The summed E-state index contributed by atoms with van der Waals surface area (Å²) >= 11 is 0. The zero-order valence-corrected chi connectivity index (χ0v) is 15.5. The second-order valence-electron chi connectivity index (χ2n) is 7.52. The number of hydrogen-bond donors (Lipinski definition) is 0. The zero-order chi connectivity index (χ0) is 19.9. The van der Waals surface area contributed by atoms with Crippen molar-refractivity contribution in [1.29, 1.82) is 0 Å². The summed E-state index contributed by atoms with van der Waals surface area (Å²) in [4.78, 5) is 18.9. The van der Waals surface area contributed by atoms with Crippen LogP contribution in [0, 0.1) is 11.3 Å². The molecule has 0 bridgehead atoms. The molecule has 1 spiro atoms. The number of likely N-dealkylation sites (tertiary alicyclic amines) is 1. The fourth-order valence-electron chi connectivity index (χ4n) is 4.54. The molecule has 0 unspecified atom stereocenters. The van der Waals surface area contributed by atoms with Crippen LogP contribution in [0.25, 0.3) is 5.65 Å². The summed E-state index contributed by atoms with van der Waals surface area (Å²) in [5.74, 6) is -1.09. The molecule has 152 valence electrons. The first-order chi connectivity index (χ1) is 13.3. The number of pyridine rings is 1. The van der Waals surface area contributed by atoms with Gasteiger partial charge in [-0.05, 0) is 25.3 Å². The minimum Gasteiger partial charge on any atom is -0.497 e. The third kappa shape index (κ3) is 3.21. The maximum absolute atomic E-state index is 13.7. The van der Waals surface area contributed by atoms with Crippen molar-refractivity contribution in [3.8, 4) is 5.75 Å². The zero-order valence-electron chi connectivity index (χ0n) is 15.5. The highest BCUT2D eigenvalue weighted by Crippen LogP contribution is 2.51. The number of carbonyl (C=O) groups excluding carboxylic acids is 1. The van der Waals surface area contributed by atoms with Gasteiger partial charge >= 0.3 is 6.18 Å². The molecular formula is C19H22F3N3O3. The van der Waals surface area contributed by atoms with Crippen molar-refractivity contribution < 1.29 is 27.4 Å². The first kappa shape index (κ1) is 19.0. The van der Waals surface area contributed by atoms with Gasteiger partial charge in [-0.2, -0.15) is 13.2 Å². The van der Waals surface area contributed by atoms with Crippen molar-refractivity contribution in [2.45, 2.75) is 25.4 Å². The summed E-state index contributed by atoms with van der Waals surface area (Å²) < 4.78 is 53.2. The van der Waals surface area contributed by atoms with Crippen LogP contribution in [0.15, 0.2) is 24.5 Å². The molecule has 2 aliphatic rings. The number of aromatic nitrogens is 2. The predicted octanol–water partition coefficient (Wildman–Crippen LogP) is 3.16. The molecule has 2 aliphatic heterocycles. The number of rotatable bonds is 2. The van der Waals surface area contributed by atoms with Crippen LogP contribution in [0.4, 0.5) is 13.2 Å². The molecule has 28 heavy (non-hydrogen) atoms. The quantitative estimate of drug-likeness (QED) is 0.781. The summed E-state index contributed by atoms with van der Waals surface area (Å²) in [5.41, 5.74) is -0.0901. The molecule has 1 amide bonds. The van der Waals surface area contributed by atoms with E-state index in [0.717, 1.165) is 0 Å². The first-order valence-electron chi connectivity index (χ1n) is 9.29. The molecule has 2 aromatic rings. The van der Waals surface area contributed by atoms with E-state index in [-0.39, 0.29) is 25.4 Å². The highest BCUT2D eigenvalue weighted by atomic mass is 19.4. The smallest absolute Gasteiger partial charge is 0.392 e. The van der Waals surface area contributed by atoms with Gasteiger partial charge in [-0.15, -0.1) is 0 Å². The standard InChI is InChI=1S/C19H22F3N3O3/c1-27-13-2-7-25-14(11-23-16(25)10-13)17(26)24-6-3-15(19(20,21)22)18(12-24)4-8-28-9-5-18/h2,7,10-11,15H,3-6,8-9,12H2,1H3/t15-/m0/s1. The van der Waals surface area contributed by atoms with Gasteiger partial charge < -0.3 is 14.4 Å². The lowest BCUT2D eigenvalue weighted by atomic mass is 9.65. The third-order valence-electron chi connectivity index (χ3n) is 6.04. The van der Waals surface area contributed by atoms with Crippen LogP contribution in [-0.4, -0.2) is 59.8 Å². The molecule has 0 aromatic carbocycles. The lowest BCUT2D eigenvalue weighted by Crippen LogP contribution is -2.56. The number of carbonyl (C=O) groups is 1. The Labute approximate surface area is 160 Å². The van der Waals surface area contributed by atoms with Gasteiger partial charge in [0.25, 0.3) is 5.91 Å². The summed E-state index contributed by atoms with van der Waals surface area (Å²) in [5, 5.41) is 0. The van der Waals surface area contributed by atoms with Crippen molar-refractivity contribution in [1.82, 2.24) is 14.3 Å². The van der Waals surface area contributed by atoms with E-state index in [1.807, 2.05) is 0 Å². The Kier molecular flexibility index (Phi) is 4.73. The van der Waals surface area contributed by atoms with Gasteiger partial charge in [0.05, 0.1) is 19.2 Å². The Morgan fingerprint density at radius 2 is 2.11 bits per heavy atom. The molecule has 4 heterocycles. The van der Waals surface area contributed by atoms with E-state index < -0.39 is 17.5 Å². The molecule has 2 aromatic heterocycles. The van der Waals surface area contributed by atoms with E-state index >= 15 is 0 Å². The number of amides is 1. The summed E-state index contributed by atoms with van der Waals surface area (Å²) in [7, 11) is 1.54. The average Bonchev–Trinajstić information content (AvgIpc) is 3.10. The largest absolute Gasteiger partial charge is 0.497 e. The SMILES string of the molecule is COc1ccn2c(C(=O)N3CC[C@H](C(F)(F)F)C4(CCOCC4)C3)cnc2c1. The van der Waals surface area contributed by atoms with Crippen LogP contribution in [0.5, 0.6) is 5.75 Å². The maximum atomic E-state index is 13.7. The van der Waals surface area contributed by atoms with Gasteiger partial charge in [0.1, 0.15) is 17.1 Å². The van der Waals surface area contributed by atoms with Gasteiger partial charge in [0.2, 0.25) is 0 Å². The van der Waals surface area contributed by atoms with Crippen molar-refractivity contribution in [3.63, 3.8) is 0 Å². The molecule has 4 rings (SSSR count). The Morgan fingerprint density at radius 1 is 1.36 bits per heavy atom. The molecule has 2 fully saturated rings. The molecule has 6 nitrogen and oxygen atoms in total. The highest BCUT2D eigenvalue weighted by molar-refractivity contribution is 5.93. The summed E-state index contributed by atoms with van der Waals surface area (Å²) in [6, 6.07) is 3.41. The number of nitrogens with zero attached hydrogens (tertiary/aromatic N) is 3. The van der Waals surface area contributed by atoms with Gasteiger partial charge in [-0.1, -0.05) is 0 Å². The summed E-state index contributed by atoms with van der Waals surface area (Å²) in [6.45, 7) is 0.756. The fourth-order valence-corrected chi connectivity index (χ4v) is 4.54. The van der Waals surface area contributed by atoms with E-state index in [9.17, 15) is 18.0 Å². The number of imidazole rings is 1. The van der Waals surface area contributed by atoms with Crippen molar-refractivity contribution in [2.75, 3.05) is 33.4 Å². The van der Waals surface area contributed by atoms with Crippen LogP contribution in [0.3, 0.4) is 0 Å². The van der Waals surface area contributed by atoms with E-state index in [0.29, 0.717) is 43.1 Å². The molecule has 1 atom stereocenters. The number of alkyl halides is 3. The molecule has 0 N–H and O–H groups in total. The Bertz CT molecular complexity index is 874. The lowest BCUT2D eigenvalue weighted by Gasteiger charge is -2.50. The molecule has 9 heteroatoms. The normalized spacial score (nSPS) is 22.6. The van der Waals surface area contributed by atoms with Crippen LogP contribution < -0.4 is 4.74 Å². The predicted molar refractivity (Wildman–Crippen MR) is 94.3 cm³/mol. The van der Waals surface area contributed by atoms with E-state index in [4.69, 9.17) is 9.47 Å². The number of piperidine rings is 1. The third-order valence-corrected chi connectivity index (χ3v) is 6.04. The Balaban J connectivity index is 1.62. The van der Waals surface area contributed by atoms with Gasteiger partial charge in [0.15, 0.2) is 0 Å². The molecule has 0 saturated carbocycles. The molecule has 2 saturated heterocycles. The van der Waals surface area contributed by atoms with Gasteiger partial charge in [0, 0.05) is 44.0 Å². The topological polar surface area (TPSA) is 56.1 Å². The van der Waals surface area contributed by atoms with Gasteiger partial charge in [-0.3, -0.25) is 9.20 Å². The second-order valence-corrected chi connectivity index (χ2v) is 7.52. The maximum Gasteiger partial charge on any atom is 0.392 e. The van der Waals surface area contributed by atoms with Gasteiger partial charge in [-0.25, -0.2) is 4.98 Å². The number of halogens is 3. The molecular weight excluding hydrogens is 375 g/mol. The fraction of sp³-hybridized carbons (Fsp3) is 0.579. The average molecular weight is 397 g/mol. The second kappa shape index (κ2) is 6.95. The van der Waals surface area contributed by atoms with Crippen LogP contribution in [0.1, 0.15) is 29.8 Å². The highest BCUT2D eigenvalue weighted by Gasteiger charge is 2.56.